The minimum Gasteiger partial charge on any atom is -0.434 e. The van der Waals surface area contributed by atoms with Crippen molar-refractivity contribution in [2.24, 2.45) is 11.7 Å². The first kappa shape index (κ1) is 17.5. The van der Waals surface area contributed by atoms with Gasteiger partial charge >= 0.3 is 6.16 Å². The molecule has 0 aliphatic carbocycles. The number of aromatic nitrogens is 1. The standard InChI is InChI=1S/C17H27N3O3/c1-2-3-12-22-17(21)23-16(13-18)14-6-10-20(11-7-14)15-4-8-19-9-5-15/h4-5,8-9,14,16H,2-3,6-7,10-13,18H2,1H3. The fourth-order valence-electron chi connectivity index (χ4n) is 2.88. The second kappa shape index (κ2) is 9.35. The largest absolute Gasteiger partial charge is 0.508 e. The molecule has 1 saturated heterocycles. The van der Waals surface area contributed by atoms with Crippen molar-refractivity contribution in [3.05, 3.63) is 24.5 Å². The summed E-state index contributed by atoms with van der Waals surface area (Å²) in [4.78, 5) is 18.1. The summed E-state index contributed by atoms with van der Waals surface area (Å²) >= 11 is 0. The summed E-state index contributed by atoms with van der Waals surface area (Å²) in [5, 5.41) is 0. The van der Waals surface area contributed by atoms with E-state index in [1.165, 1.54) is 5.69 Å². The Balaban J connectivity index is 1.79. The van der Waals surface area contributed by atoms with Crippen molar-refractivity contribution in [1.29, 1.82) is 0 Å². The van der Waals surface area contributed by atoms with Gasteiger partial charge in [0.15, 0.2) is 0 Å². The molecule has 2 N–H and O–H groups in total. The number of piperidine rings is 1. The van der Waals surface area contributed by atoms with E-state index in [1.54, 1.807) is 12.4 Å². The van der Waals surface area contributed by atoms with Crippen LogP contribution >= 0.6 is 0 Å². The summed E-state index contributed by atoms with van der Waals surface area (Å²) in [6.07, 6.45) is 6.50. The highest BCUT2D eigenvalue weighted by molar-refractivity contribution is 5.60. The molecule has 1 unspecified atom stereocenters. The Kier molecular flexibility index (Phi) is 7.13. The second-order valence-electron chi connectivity index (χ2n) is 5.87. The van der Waals surface area contributed by atoms with Gasteiger partial charge in [-0.2, -0.15) is 0 Å². The van der Waals surface area contributed by atoms with Gasteiger partial charge < -0.3 is 20.1 Å². The van der Waals surface area contributed by atoms with E-state index < -0.39 is 6.16 Å². The van der Waals surface area contributed by atoms with Gasteiger partial charge in [-0.1, -0.05) is 13.3 Å². The highest BCUT2D eigenvalue weighted by Crippen LogP contribution is 2.26. The van der Waals surface area contributed by atoms with E-state index in [4.69, 9.17) is 15.2 Å². The molecule has 1 aliphatic heterocycles. The van der Waals surface area contributed by atoms with Crippen molar-refractivity contribution >= 4 is 11.8 Å². The van der Waals surface area contributed by atoms with Gasteiger partial charge in [0.05, 0.1) is 6.61 Å². The quantitative estimate of drug-likeness (QED) is 0.614. The van der Waals surface area contributed by atoms with Crippen LogP contribution in [-0.2, 0) is 9.47 Å². The number of carbonyl (C=O) groups is 1. The zero-order valence-electron chi connectivity index (χ0n) is 13.8. The number of carbonyl (C=O) groups excluding carboxylic acids is 1. The summed E-state index contributed by atoms with van der Waals surface area (Å²) < 4.78 is 10.5. The molecule has 6 nitrogen and oxygen atoms in total. The summed E-state index contributed by atoms with van der Waals surface area (Å²) in [6.45, 7) is 4.66. The summed E-state index contributed by atoms with van der Waals surface area (Å²) in [5.74, 6) is 0.289. The molecule has 0 aromatic carbocycles. The van der Waals surface area contributed by atoms with Crippen molar-refractivity contribution in [1.82, 2.24) is 4.98 Å². The maximum atomic E-state index is 11.7. The van der Waals surface area contributed by atoms with Crippen LogP contribution in [0.1, 0.15) is 32.6 Å². The smallest absolute Gasteiger partial charge is 0.434 e. The first-order valence-corrected chi connectivity index (χ1v) is 8.43. The Hall–Kier alpha value is -1.82. The Morgan fingerprint density at radius 1 is 1.39 bits per heavy atom. The molecule has 1 atom stereocenters. The molecule has 2 heterocycles. The van der Waals surface area contributed by atoms with Gasteiger partial charge in [0, 0.05) is 43.6 Å². The summed E-state index contributed by atoms with van der Waals surface area (Å²) in [6, 6.07) is 4.03. The second-order valence-corrected chi connectivity index (χ2v) is 5.87. The van der Waals surface area contributed by atoms with Crippen LogP contribution in [0.15, 0.2) is 24.5 Å². The van der Waals surface area contributed by atoms with Crippen LogP contribution in [0.4, 0.5) is 10.5 Å². The van der Waals surface area contributed by atoms with E-state index >= 15 is 0 Å². The molecule has 128 valence electrons. The van der Waals surface area contributed by atoms with Gasteiger partial charge in [-0.05, 0) is 31.4 Å². The molecular formula is C17H27N3O3. The lowest BCUT2D eigenvalue weighted by Crippen LogP contribution is -2.42. The number of pyridine rings is 1. The maximum Gasteiger partial charge on any atom is 0.508 e. The van der Waals surface area contributed by atoms with Crippen molar-refractivity contribution in [2.75, 3.05) is 31.1 Å². The van der Waals surface area contributed by atoms with E-state index in [2.05, 4.69) is 9.88 Å². The molecule has 0 saturated carbocycles. The molecule has 2 rings (SSSR count). The molecule has 1 aromatic rings. The molecule has 0 spiro atoms. The summed E-state index contributed by atoms with van der Waals surface area (Å²) in [7, 11) is 0. The highest BCUT2D eigenvalue weighted by Gasteiger charge is 2.29. The first-order valence-electron chi connectivity index (χ1n) is 8.43. The van der Waals surface area contributed by atoms with E-state index in [0.717, 1.165) is 38.8 Å². The van der Waals surface area contributed by atoms with Crippen LogP contribution in [-0.4, -0.2) is 43.5 Å². The minimum absolute atomic E-state index is 0.260. The number of nitrogens with zero attached hydrogens (tertiary/aromatic N) is 2. The minimum atomic E-state index is -0.592. The van der Waals surface area contributed by atoms with Crippen LogP contribution in [0.25, 0.3) is 0 Å². The third-order valence-corrected chi connectivity index (χ3v) is 4.29. The number of anilines is 1. The topological polar surface area (TPSA) is 77.7 Å². The number of unbranched alkanes of at least 4 members (excludes halogenated alkanes) is 1. The lowest BCUT2D eigenvalue weighted by molar-refractivity contribution is 0.000754. The maximum absolute atomic E-state index is 11.7. The third-order valence-electron chi connectivity index (χ3n) is 4.29. The lowest BCUT2D eigenvalue weighted by atomic mass is 9.91. The summed E-state index contributed by atoms with van der Waals surface area (Å²) in [5.41, 5.74) is 6.98. The fraction of sp³-hybridized carbons (Fsp3) is 0.647. The SMILES string of the molecule is CCCCOC(=O)OC(CN)C1CCN(c2ccncc2)CC1. The van der Waals surface area contributed by atoms with Crippen molar-refractivity contribution in [2.45, 2.75) is 38.7 Å². The van der Waals surface area contributed by atoms with Crippen molar-refractivity contribution < 1.29 is 14.3 Å². The Labute approximate surface area is 138 Å². The Bertz CT molecular complexity index is 461. The highest BCUT2D eigenvalue weighted by atomic mass is 16.7. The predicted octanol–water partition coefficient (Wildman–Crippen LogP) is 2.58. The van der Waals surface area contributed by atoms with Gasteiger partial charge in [0.2, 0.25) is 0 Å². The molecule has 1 aromatic heterocycles. The molecule has 6 heteroatoms. The Morgan fingerprint density at radius 3 is 2.70 bits per heavy atom. The van der Waals surface area contributed by atoms with Crippen LogP contribution in [0.3, 0.4) is 0 Å². The van der Waals surface area contributed by atoms with Crippen molar-refractivity contribution in [3.8, 4) is 0 Å². The van der Waals surface area contributed by atoms with Gasteiger partial charge in [-0.15, -0.1) is 0 Å². The molecular weight excluding hydrogens is 294 g/mol. The molecule has 23 heavy (non-hydrogen) atoms. The third kappa shape index (κ3) is 5.39. The van der Waals surface area contributed by atoms with E-state index in [9.17, 15) is 4.79 Å². The van der Waals surface area contributed by atoms with Gasteiger partial charge in [0.1, 0.15) is 6.10 Å². The number of ether oxygens (including phenoxy) is 2. The van der Waals surface area contributed by atoms with Gasteiger partial charge in [-0.25, -0.2) is 4.79 Å². The van der Waals surface area contributed by atoms with E-state index in [1.807, 2.05) is 19.1 Å². The van der Waals surface area contributed by atoms with Crippen LogP contribution in [0, 0.1) is 5.92 Å². The number of nitrogens with two attached hydrogens (primary N) is 1. The number of rotatable bonds is 7. The number of hydrogen-bond acceptors (Lipinski definition) is 6. The monoisotopic (exact) mass is 321 g/mol. The van der Waals surface area contributed by atoms with Crippen LogP contribution in [0.5, 0.6) is 0 Å². The normalized spacial score (nSPS) is 16.9. The van der Waals surface area contributed by atoms with Crippen LogP contribution in [0.2, 0.25) is 0 Å². The predicted molar refractivity (Wildman–Crippen MR) is 89.4 cm³/mol. The van der Waals surface area contributed by atoms with E-state index in [0.29, 0.717) is 13.2 Å². The molecule has 1 fully saturated rings. The molecule has 0 amide bonds. The van der Waals surface area contributed by atoms with Gasteiger partial charge in [0.25, 0.3) is 0 Å². The zero-order chi connectivity index (χ0) is 16.5. The van der Waals surface area contributed by atoms with Gasteiger partial charge in [-0.3, -0.25) is 4.98 Å². The lowest BCUT2D eigenvalue weighted by Gasteiger charge is -2.36. The van der Waals surface area contributed by atoms with Crippen LogP contribution < -0.4 is 10.6 Å². The Morgan fingerprint density at radius 2 is 2.09 bits per heavy atom. The van der Waals surface area contributed by atoms with Crippen molar-refractivity contribution in [3.63, 3.8) is 0 Å². The van der Waals surface area contributed by atoms with E-state index in [-0.39, 0.29) is 12.0 Å². The number of hydrogen-bond donors (Lipinski definition) is 1. The average molecular weight is 321 g/mol. The zero-order valence-corrected chi connectivity index (χ0v) is 13.8. The first-order chi connectivity index (χ1) is 11.2. The molecule has 0 radical (unpaired) electrons. The average Bonchev–Trinajstić information content (AvgIpc) is 2.61. The molecule has 0 bridgehead atoms. The fourth-order valence-corrected chi connectivity index (χ4v) is 2.88. The molecule has 1 aliphatic rings.